The Labute approximate surface area is 110 Å². The predicted molar refractivity (Wildman–Crippen MR) is 66.9 cm³/mol. The van der Waals surface area contributed by atoms with Crippen LogP contribution in [-0.4, -0.2) is 0 Å². The van der Waals surface area contributed by atoms with Crippen LogP contribution in [0.4, 0.5) is 4.39 Å². The molecule has 0 saturated heterocycles. The van der Waals surface area contributed by atoms with E-state index < -0.39 is 5.82 Å². The predicted octanol–water partition coefficient (Wildman–Crippen LogP) is 3.56. The van der Waals surface area contributed by atoms with Crippen molar-refractivity contribution in [3.8, 4) is 23.6 Å². The molecule has 0 heterocycles. The summed E-state index contributed by atoms with van der Waals surface area (Å²) in [5.41, 5.74) is 0.748. The van der Waals surface area contributed by atoms with Crippen molar-refractivity contribution in [3.05, 3.63) is 59.4 Å². The highest BCUT2D eigenvalue weighted by Gasteiger charge is 2.09. The zero-order valence-corrected chi connectivity index (χ0v) is 9.93. The lowest BCUT2D eigenvalue weighted by atomic mass is 10.1. The van der Waals surface area contributed by atoms with E-state index in [1.54, 1.807) is 30.3 Å². The molecular weight excluding hydrogens is 243 g/mol. The van der Waals surface area contributed by atoms with Crippen molar-refractivity contribution in [2.75, 3.05) is 0 Å². The van der Waals surface area contributed by atoms with Crippen molar-refractivity contribution in [1.29, 1.82) is 10.5 Å². The first kappa shape index (κ1) is 12.6. The highest BCUT2D eigenvalue weighted by molar-refractivity contribution is 5.46. The molecule has 3 nitrogen and oxygen atoms in total. The second-order valence-electron chi connectivity index (χ2n) is 3.81. The van der Waals surface area contributed by atoms with Gasteiger partial charge in [-0.3, -0.25) is 0 Å². The fourth-order valence-electron chi connectivity index (χ4n) is 1.59. The zero-order valence-electron chi connectivity index (χ0n) is 9.93. The molecule has 0 fully saturated rings. The molecule has 2 aromatic carbocycles. The first-order valence-electron chi connectivity index (χ1n) is 5.57. The van der Waals surface area contributed by atoms with Crippen molar-refractivity contribution in [3.63, 3.8) is 0 Å². The van der Waals surface area contributed by atoms with Gasteiger partial charge in [0, 0.05) is 0 Å². The van der Waals surface area contributed by atoms with Gasteiger partial charge in [0.2, 0.25) is 0 Å². The van der Waals surface area contributed by atoms with Gasteiger partial charge in [-0.05, 0) is 29.8 Å². The lowest BCUT2D eigenvalue weighted by Gasteiger charge is -2.08. The third-order valence-corrected chi connectivity index (χ3v) is 2.52. The number of halogens is 1. The van der Waals surface area contributed by atoms with Gasteiger partial charge in [0.1, 0.15) is 28.9 Å². The van der Waals surface area contributed by atoms with E-state index in [1.807, 2.05) is 6.07 Å². The van der Waals surface area contributed by atoms with E-state index in [0.717, 1.165) is 5.56 Å². The summed E-state index contributed by atoms with van der Waals surface area (Å²) in [4.78, 5) is 0. The lowest BCUT2D eigenvalue weighted by molar-refractivity contribution is 0.474. The molecule has 0 N–H and O–H groups in total. The molecule has 19 heavy (non-hydrogen) atoms. The van der Waals surface area contributed by atoms with Gasteiger partial charge in [0.05, 0.1) is 12.5 Å². The molecule has 0 aliphatic rings. The Morgan fingerprint density at radius 2 is 1.79 bits per heavy atom. The monoisotopic (exact) mass is 252 g/mol. The number of nitrogens with zero attached hydrogens (tertiary/aromatic N) is 2. The average molecular weight is 252 g/mol. The van der Waals surface area contributed by atoms with Crippen molar-refractivity contribution in [1.82, 2.24) is 0 Å². The normalized spacial score (nSPS) is 9.42. The SMILES string of the molecule is N#CCc1ccc(Oc2cccc(F)c2C#N)cc1. The Kier molecular flexibility index (Phi) is 3.75. The van der Waals surface area contributed by atoms with Crippen LogP contribution in [0, 0.1) is 28.5 Å². The first-order valence-corrected chi connectivity index (χ1v) is 5.57. The Hall–Kier alpha value is -2.85. The first-order chi connectivity index (χ1) is 9.24. The van der Waals surface area contributed by atoms with Crippen molar-refractivity contribution in [2.24, 2.45) is 0 Å². The van der Waals surface area contributed by atoms with Gasteiger partial charge in [-0.1, -0.05) is 18.2 Å². The van der Waals surface area contributed by atoms with Crippen LogP contribution in [0.15, 0.2) is 42.5 Å². The zero-order chi connectivity index (χ0) is 13.7. The van der Waals surface area contributed by atoms with Gasteiger partial charge in [0.25, 0.3) is 0 Å². The summed E-state index contributed by atoms with van der Waals surface area (Å²) in [6.07, 6.45) is 0.323. The second-order valence-corrected chi connectivity index (χ2v) is 3.81. The third kappa shape index (κ3) is 2.88. The summed E-state index contributed by atoms with van der Waals surface area (Å²) in [6, 6.07) is 14.9. The van der Waals surface area contributed by atoms with Gasteiger partial charge in [0.15, 0.2) is 0 Å². The van der Waals surface area contributed by atoms with E-state index in [9.17, 15) is 4.39 Å². The molecule has 0 radical (unpaired) electrons. The van der Waals surface area contributed by atoms with E-state index in [0.29, 0.717) is 12.2 Å². The van der Waals surface area contributed by atoms with Gasteiger partial charge in [-0.25, -0.2) is 4.39 Å². The highest BCUT2D eigenvalue weighted by Crippen LogP contribution is 2.26. The van der Waals surface area contributed by atoms with Gasteiger partial charge in [-0.2, -0.15) is 10.5 Å². The van der Waals surface area contributed by atoms with Crippen LogP contribution in [0.3, 0.4) is 0 Å². The molecule has 2 rings (SSSR count). The highest BCUT2D eigenvalue weighted by atomic mass is 19.1. The van der Waals surface area contributed by atoms with E-state index in [2.05, 4.69) is 0 Å². The van der Waals surface area contributed by atoms with E-state index >= 15 is 0 Å². The van der Waals surface area contributed by atoms with Crippen molar-refractivity contribution in [2.45, 2.75) is 6.42 Å². The van der Waals surface area contributed by atoms with Crippen LogP contribution in [-0.2, 0) is 6.42 Å². The van der Waals surface area contributed by atoms with Gasteiger partial charge < -0.3 is 4.74 Å². The summed E-state index contributed by atoms with van der Waals surface area (Å²) in [5, 5.41) is 17.4. The maximum absolute atomic E-state index is 13.4. The van der Waals surface area contributed by atoms with Gasteiger partial charge in [-0.15, -0.1) is 0 Å². The third-order valence-electron chi connectivity index (χ3n) is 2.52. The summed E-state index contributed by atoms with van der Waals surface area (Å²) in [7, 11) is 0. The topological polar surface area (TPSA) is 56.8 Å². The smallest absolute Gasteiger partial charge is 0.148 e. The largest absolute Gasteiger partial charge is 0.456 e. The van der Waals surface area contributed by atoms with Crippen LogP contribution < -0.4 is 4.74 Å². The minimum Gasteiger partial charge on any atom is -0.456 e. The molecule has 0 aliphatic carbocycles. The minimum absolute atomic E-state index is 0.122. The van der Waals surface area contributed by atoms with Crippen LogP contribution in [0.1, 0.15) is 11.1 Å². The summed E-state index contributed by atoms with van der Waals surface area (Å²) < 4.78 is 18.8. The maximum Gasteiger partial charge on any atom is 0.148 e. The summed E-state index contributed by atoms with van der Waals surface area (Å²) in [5.74, 6) is 0.0559. The van der Waals surface area contributed by atoms with E-state index in [4.69, 9.17) is 15.3 Å². The van der Waals surface area contributed by atoms with Crippen LogP contribution >= 0.6 is 0 Å². The molecule has 0 aromatic heterocycles. The molecule has 2 aromatic rings. The van der Waals surface area contributed by atoms with Crippen molar-refractivity contribution < 1.29 is 9.13 Å². The van der Waals surface area contributed by atoms with Crippen LogP contribution in [0.25, 0.3) is 0 Å². The Balaban J connectivity index is 2.25. The Bertz CT molecular complexity index is 666. The number of hydrogen-bond acceptors (Lipinski definition) is 3. The molecule has 0 aliphatic heterocycles. The van der Waals surface area contributed by atoms with E-state index in [-0.39, 0.29) is 11.3 Å². The number of hydrogen-bond donors (Lipinski definition) is 0. The fourth-order valence-corrected chi connectivity index (χ4v) is 1.59. The van der Waals surface area contributed by atoms with Gasteiger partial charge >= 0.3 is 0 Å². The van der Waals surface area contributed by atoms with Crippen molar-refractivity contribution >= 4 is 0 Å². The molecule has 0 spiro atoms. The molecule has 92 valence electrons. The standard InChI is InChI=1S/C15H9FN2O/c16-14-2-1-3-15(13(14)10-18)19-12-6-4-11(5-7-12)8-9-17/h1-7H,8H2. The summed E-state index contributed by atoms with van der Waals surface area (Å²) in [6.45, 7) is 0. The quantitative estimate of drug-likeness (QED) is 0.839. The van der Waals surface area contributed by atoms with Crippen LogP contribution in [0.2, 0.25) is 0 Å². The number of benzene rings is 2. The molecule has 0 unspecified atom stereocenters. The molecule has 0 saturated carbocycles. The second kappa shape index (κ2) is 5.66. The molecule has 0 amide bonds. The fraction of sp³-hybridized carbons (Fsp3) is 0.0667. The molecule has 4 heteroatoms. The lowest BCUT2D eigenvalue weighted by Crippen LogP contribution is -1.91. The number of ether oxygens (including phenoxy) is 1. The summed E-state index contributed by atoms with van der Waals surface area (Å²) >= 11 is 0. The number of nitriles is 2. The maximum atomic E-state index is 13.4. The molecular formula is C15H9FN2O. The van der Waals surface area contributed by atoms with Crippen LogP contribution in [0.5, 0.6) is 11.5 Å². The minimum atomic E-state index is -0.610. The molecule has 0 atom stereocenters. The Morgan fingerprint density at radius 3 is 2.42 bits per heavy atom. The van der Waals surface area contributed by atoms with E-state index in [1.165, 1.54) is 18.2 Å². The Morgan fingerprint density at radius 1 is 1.05 bits per heavy atom. The number of rotatable bonds is 3. The molecule has 0 bridgehead atoms. The average Bonchev–Trinajstić information content (AvgIpc) is 2.42.